The number of hydrogen-bond donors (Lipinski definition) is 4. The highest BCUT2D eigenvalue weighted by molar-refractivity contribution is 5.60. The Morgan fingerprint density at radius 2 is 0.711 bits per heavy atom. The lowest BCUT2D eigenvalue weighted by atomic mass is 9.56. The van der Waals surface area contributed by atoms with Gasteiger partial charge in [0.25, 0.3) is 0 Å². The Morgan fingerprint density at radius 1 is 0.489 bits per heavy atom. The highest BCUT2D eigenvalue weighted by atomic mass is 16.3. The van der Waals surface area contributed by atoms with Crippen LogP contribution in [0, 0.1) is 5.41 Å². The second-order valence-corrected chi connectivity index (χ2v) is 18.1. The van der Waals surface area contributed by atoms with E-state index in [4.69, 9.17) is 0 Å². The molecule has 2 atom stereocenters. The zero-order valence-corrected chi connectivity index (χ0v) is 31.8. The molecule has 0 saturated carbocycles. The van der Waals surface area contributed by atoms with Crippen LogP contribution in [0.3, 0.4) is 0 Å². The maximum atomic E-state index is 14.1. The fraction of sp³-hybridized carbons (Fsp3) is 0.707. The molecule has 0 amide bonds. The molecular weight excluding hydrogens is 556 g/mol. The van der Waals surface area contributed by atoms with Gasteiger partial charge in [0, 0.05) is 0 Å². The van der Waals surface area contributed by atoms with E-state index in [1.54, 1.807) is 0 Å². The van der Waals surface area contributed by atoms with Crippen molar-refractivity contribution in [3.63, 3.8) is 0 Å². The Labute approximate surface area is 276 Å². The van der Waals surface area contributed by atoms with E-state index in [9.17, 15) is 20.4 Å². The number of aliphatic hydroxyl groups is 4. The van der Waals surface area contributed by atoms with Crippen molar-refractivity contribution in [2.24, 2.45) is 5.41 Å². The first-order chi connectivity index (χ1) is 20.3. The van der Waals surface area contributed by atoms with E-state index >= 15 is 0 Å². The maximum Gasteiger partial charge on any atom is 0.128 e. The molecule has 0 aliphatic heterocycles. The lowest BCUT2D eigenvalue weighted by Crippen LogP contribution is -2.57. The van der Waals surface area contributed by atoms with Gasteiger partial charge < -0.3 is 20.4 Å². The topological polar surface area (TPSA) is 80.9 Å². The molecule has 0 spiro atoms. The Hall–Kier alpha value is -1.72. The van der Waals surface area contributed by atoms with Crippen LogP contribution >= 0.6 is 0 Å². The number of rotatable bonds is 10. The van der Waals surface area contributed by atoms with E-state index in [-0.39, 0.29) is 0 Å². The molecule has 0 heterocycles. The quantitative estimate of drug-likeness (QED) is 0.213. The molecule has 2 aromatic rings. The van der Waals surface area contributed by atoms with E-state index < -0.39 is 52.5 Å². The van der Waals surface area contributed by atoms with Crippen molar-refractivity contribution in [3.8, 4) is 0 Å². The number of aliphatic hydroxyl groups excluding tert-OH is 3. The molecule has 256 valence electrons. The highest BCUT2D eigenvalue weighted by Crippen LogP contribution is 2.56. The van der Waals surface area contributed by atoms with Gasteiger partial charge in [-0.3, -0.25) is 0 Å². The molecule has 2 unspecified atom stereocenters. The van der Waals surface area contributed by atoms with E-state index in [0.29, 0.717) is 23.0 Å². The van der Waals surface area contributed by atoms with Crippen molar-refractivity contribution < 1.29 is 20.4 Å². The molecule has 0 bridgehead atoms. The Balaban J connectivity index is 3.64. The first-order valence-electron chi connectivity index (χ1n) is 17.3. The summed E-state index contributed by atoms with van der Waals surface area (Å²) in [4.78, 5) is 0. The van der Waals surface area contributed by atoms with Gasteiger partial charge in [-0.1, -0.05) is 135 Å². The van der Waals surface area contributed by atoms with Crippen molar-refractivity contribution in [1.29, 1.82) is 0 Å². The summed E-state index contributed by atoms with van der Waals surface area (Å²) in [5, 5.41) is 48.0. The molecule has 0 fully saturated rings. The van der Waals surface area contributed by atoms with Gasteiger partial charge in [0.15, 0.2) is 0 Å². The van der Waals surface area contributed by atoms with Crippen LogP contribution in [0.1, 0.15) is 180 Å². The van der Waals surface area contributed by atoms with Crippen molar-refractivity contribution in [1.82, 2.24) is 0 Å². The van der Waals surface area contributed by atoms with Gasteiger partial charge in [-0.15, -0.1) is 0 Å². The van der Waals surface area contributed by atoms with Gasteiger partial charge in [-0.05, 0) is 90.8 Å². The highest BCUT2D eigenvalue weighted by Gasteiger charge is 2.58. The Kier molecular flexibility index (Phi) is 11.8. The lowest BCUT2D eigenvalue weighted by molar-refractivity contribution is -0.138. The van der Waals surface area contributed by atoms with Crippen LogP contribution in [0.5, 0.6) is 0 Å². The van der Waals surface area contributed by atoms with Crippen LogP contribution in [-0.4, -0.2) is 40.2 Å². The fourth-order valence-corrected chi connectivity index (χ4v) is 6.66. The standard InChI is InChI=1S/C41H68O4/c1-17-26(3)28-19-30(36(5,6)7)34(31(20-28)37(8,9)10)41(45,40(23-42,24-43)25-44)35-32(38(11,12)13)21-29(27(4)18-2)22-33(35)39(14,15)16/h19-22,26-27,42-45H,17-18,23-25H2,1-16H3. The maximum absolute atomic E-state index is 14.1. The smallest absolute Gasteiger partial charge is 0.128 e. The minimum atomic E-state index is -1.95. The van der Waals surface area contributed by atoms with Crippen molar-refractivity contribution in [3.05, 3.63) is 68.8 Å². The normalized spacial score (nSPS) is 16.4. The fourth-order valence-electron chi connectivity index (χ4n) is 6.66. The van der Waals surface area contributed by atoms with Crippen LogP contribution < -0.4 is 0 Å². The summed E-state index contributed by atoms with van der Waals surface area (Å²) in [6.07, 6.45) is 1.95. The predicted molar refractivity (Wildman–Crippen MR) is 192 cm³/mol. The minimum Gasteiger partial charge on any atom is -0.395 e. The summed E-state index contributed by atoms with van der Waals surface area (Å²) in [7, 11) is 0. The van der Waals surface area contributed by atoms with E-state index in [1.807, 2.05) is 0 Å². The second kappa shape index (κ2) is 13.4. The van der Waals surface area contributed by atoms with E-state index in [1.165, 1.54) is 11.1 Å². The first-order valence-corrected chi connectivity index (χ1v) is 17.3. The Bertz CT molecular complexity index is 1140. The van der Waals surface area contributed by atoms with E-state index in [2.05, 4.69) is 135 Å². The van der Waals surface area contributed by atoms with Crippen LogP contribution in [0.2, 0.25) is 0 Å². The van der Waals surface area contributed by atoms with Gasteiger partial charge in [0.05, 0.1) is 25.2 Å². The summed E-state index contributed by atoms with van der Waals surface area (Å²) < 4.78 is 0. The predicted octanol–water partition coefficient (Wildman–Crippen LogP) is 9.10. The van der Waals surface area contributed by atoms with Crippen LogP contribution in [0.4, 0.5) is 0 Å². The third-order valence-electron chi connectivity index (χ3n) is 10.3. The number of hydrogen-bond acceptors (Lipinski definition) is 4. The van der Waals surface area contributed by atoms with Crippen molar-refractivity contribution >= 4 is 0 Å². The SMILES string of the molecule is CCC(C)c1cc(C(C)(C)C)c(C(O)(c2c(C(C)(C)C)cc(C(C)CC)cc2C(C)(C)C)C(CO)(CO)CO)c(C(C)(C)C)c1. The van der Waals surface area contributed by atoms with Gasteiger partial charge in [-0.25, -0.2) is 0 Å². The monoisotopic (exact) mass is 625 g/mol. The third-order valence-corrected chi connectivity index (χ3v) is 10.3. The summed E-state index contributed by atoms with van der Waals surface area (Å²) in [5.41, 5.74) is 2.43. The molecule has 0 aliphatic rings. The number of benzene rings is 2. The van der Waals surface area contributed by atoms with Gasteiger partial charge in [0.1, 0.15) is 5.60 Å². The van der Waals surface area contributed by atoms with Crippen LogP contribution in [0.15, 0.2) is 24.3 Å². The van der Waals surface area contributed by atoms with Gasteiger partial charge >= 0.3 is 0 Å². The summed E-state index contributed by atoms with van der Waals surface area (Å²) in [6.45, 7) is 33.1. The third kappa shape index (κ3) is 7.40. The minimum absolute atomic E-state index is 0.303. The van der Waals surface area contributed by atoms with Crippen LogP contribution in [0.25, 0.3) is 0 Å². The average molecular weight is 625 g/mol. The van der Waals surface area contributed by atoms with Crippen molar-refractivity contribution in [2.45, 2.75) is 163 Å². The zero-order valence-electron chi connectivity index (χ0n) is 31.8. The molecule has 2 aromatic carbocycles. The molecule has 4 N–H and O–H groups in total. The van der Waals surface area contributed by atoms with Crippen LogP contribution in [-0.2, 0) is 27.3 Å². The average Bonchev–Trinajstić information content (AvgIpc) is 2.93. The Morgan fingerprint density at radius 3 is 0.867 bits per heavy atom. The van der Waals surface area contributed by atoms with Gasteiger partial charge in [0.2, 0.25) is 0 Å². The van der Waals surface area contributed by atoms with E-state index in [0.717, 1.165) is 35.1 Å². The molecule has 0 aromatic heterocycles. The first kappa shape index (κ1) is 39.5. The molecule has 2 rings (SSSR count). The summed E-state index contributed by atoms with van der Waals surface area (Å²) >= 11 is 0. The molecule has 0 aliphatic carbocycles. The molecular formula is C41H68O4. The van der Waals surface area contributed by atoms with Gasteiger partial charge in [-0.2, -0.15) is 0 Å². The molecule has 45 heavy (non-hydrogen) atoms. The molecule has 4 heteroatoms. The zero-order chi connectivity index (χ0) is 35.1. The second-order valence-electron chi connectivity index (χ2n) is 18.1. The summed E-state index contributed by atoms with van der Waals surface area (Å²) in [5.74, 6) is 0.607. The lowest BCUT2D eigenvalue weighted by Gasteiger charge is -2.52. The largest absolute Gasteiger partial charge is 0.395 e. The molecule has 0 saturated heterocycles. The molecule has 0 radical (unpaired) electrons. The molecule has 4 nitrogen and oxygen atoms in total. The summed E-state index contributed by atoms with van der Waals surface area (Å²) in [6, 6.07) is 8.95. The van der Waals surface area contributed by atoms with Crippen molar-refractivity contribution in [2.75, 3.05) is 19.8 Å².